The molecule has 6 rings (SSSR count). The van der Waals surface area contributed by atoms with E-state index in [1.807, 2.05) is 76.2 Å². The summed E-state index contributed by atoms with van der Waals surface area (Å²) in [6.45, 7) is 8.71. The third kappa shape index (κ3) is 9.50. The van der Waals surface area contributed by atoms with Gasteiger partial charge in [0.15, 0.2) is 6.61 Å². The van der Waals surface area contributed by atoms with E-state index in [9.17, 15) is 9.59 Å². The van der Waals surface area contributed by atoms with Crippen LogP contribution in [0.15, 0.2) is 66.7 Å². The summed E-state index contributed by atoms with van der Waals surface area (Å²) >= 11 is 0. The summed E-state index contributed by atoms with van der Waals surface area (Å²) in [4.78, 5) is 48.9. The third-order valence-corrected chi connectivity index (χ3v) is 9.93. The number of carbonyl (C=O) groups is 3. The molecule has 0 bridgehead atoms. The van der Waals surface area contributed by atoms with Crippen molar-refractivity contribution in [2.45, 2.75) is 64.0 Å². The number of hydrogen-bond acceptors (Lipinski definition) is 8. The van der Waals surface area contributed by atoms with Gasteiger partial charge in [-0.25, -0.2) is 4.79 Å². The topological polar surface area (TPSA) is 101 Å². The van der Waals surface area contributed by atoms with Crippen LogP contribution in [0.4, 0.5) is 16.2 Å². The number of ether oxygens (including phenoxy) is 4. The summed E-state index contributed by atoms with van der Waals surface area (Å²) in [5, 5.41) is 0. The van der Waals surface area contributed by atoms with Gasteiger partial charge in [0.05, 0.1) is 11.6 Å². The quantitative estimate of drug-likeness (QED) is 0.182. The Morgan fingerprint density at radius 3 is 2.42 bits per heavy atom. The SMILES string of the molecule is COCCCN1C(=O)COc2ccc(N(C(=O)[C@H]3CN(C(=O)OC(C)(C)C)CC[C@@H]3c3cccc(-c4ccc(OCCN(C)C)cc4)c3)C3CC3)cc21. The molecule has 0 radical (unpaired) electrons. The standard InChI is InChI=1S/C42H54N4O7/c1-42(2,3)53-41(49)44-21-19-35(31-10-7-9-30(25-31)29-11-16-34(17-12-29)51-24-22-43(4)5)36(27-44)40(48)46(32-13-14-32)33-15-18-38-37(26-33)45(20-8-23-50-6)39(47)28-52-38/h7,9-12,15-18,25-26,32,35-36H,8,13-14,19-24,27-28H2,1-6H3/t35-,36+/m1/s1. The summed E-state index contributed by atoms with van der Waals surface area (Å²) in [6, 6.07) is 22.2. The first-order valence-corrected chi connectivity index (χ1v) is 18.8. The first-order valence-electron chi connectivity index (χ1n) is 18.8. The van der Waals surface area contributed by atoms with E-state index >= 15 is 4.79 Å². The van der Waals surface area contributed by atoms with Crippen LogP contribution in [-0.4, -0.2) is 107 Å². The average molecular weight is 727 g/mol. The number of rotatable bonds is 13. The summed E-state index contributed by atoms with van der Waals surface area (Å²) in [7, 11) is 5.69. The van der Waals surface area contributed by atoms with Crippen molar-refractivity contribution < 1.29 is 33.3 Å². The third-order valence-electron chi connectivity index (χ3n) is 9.93. The van der Waals surface area contributed by atoms with Gasteiger partial charge in [0, 0.05) is 51.6 Å². The summed E-state index contributed by atoms with van der Waals surface area (Å²) in [5.74, 6) is 0.621. The van der Waals surface area contributed by atoms with E-state index in [0.29, 0.717) is 50.6 Å². The van der Waals surface area contributed by atoms with Crippen molar-refractivity contribution in [3.63, 3.8) is 0 Å². The number of hydrogen-bond donors (Lipinski definition) is 0. The molecule has 3 aromatic rings. The van der Waals surface area contributed by atoms with Gasteiger partial charge >= 0.3 is 6.09 Å². The number of methoxy groups -OCH3 is 1. The van der Waals surface area contributed by atoms with Gasteiger partial charge < -0.3 is 38.5 Å². The minimum atomic E-state index is -0.660. The van der Waals surface area contributed by atoms with Crippen LogP contribution < -0.4 is 19.3 Å². The molecular formula is C42H54N4O7. The molecule has 0 N–H and O–H groups in total. The second-order valence-electron chi connectivity index (χ2n) is 15.5. The molecular weight excluding hydrogens is 672 g/mol. The van der Waals surface area contributed by atoms with Gasteiger partial charge in [-0.15, -0.1) is 0 Å². The molecule has 0 unspecified atom stereocenters. The number of benzene rings is 3. The zero-order chi connectivity index (χ0) is 37.7. The number of amides is 3. The minimum absolute atomic E-state index is 0.0252. The molecule has 1 saturated heterocycles. The molecule has 1 aliphatic carbocycles. The van der Waals surface area contributed by atoms with Crippen molar-refractivity contribution in [1.29, 1.82) is 0 Å². The molecule has 2 fully saturated rings. The fourth-order valence-electron chi connectivity index (χ4n) is 7.11. The first-order chi connectivity index (χ1) is 25.4. The van der Waals surface area contributed by atoms with Crippen LogP contribution in [0.1, 0.15) is 57.9 Å². The van der Waals surface area contributed by atoms with Crippen molar-refractivity contribution in [3.05, 3.63) is 72.3 Å². The number of likely N-dealkylation sites (N-methyl/N-ethyl adjacent to an activating group) is 1. The first kappa shape index (κ1) is 38.1. The Bertz CT molecular complexity index is 1750. The van der Waals surface area contributed by atoms with Gasteiger partial charge in [0.2, 0.25) is 5.91 Å². The van der Waals surface area contributed by atoms with Crippen molar-refractivity contribution in [2.75, 3.05) is 77.0 Å². The molecule has 2 atom stereocenters. The number of nitrogens with zero attached hydrogens (tertiary/aromatic N) is 4. The predicted octanol–water partition coefficient (Wildman–Crippen LogP) is 6.59. The summed E-state index contributed by atoms with van der Waals surface area (Å²) < 4.78 is 22.8. The predicted molar refractivity (Wildman–Crippen MR) is 206 cm³/mol. The smallest absolute Gasteiger partial charge is 0.410 e. The Hall–Kier alpha value is -4.61. The number of anilines is 2. The fraction of sp³-hybridized carbons (Fsp3) is 0.500. The van der Waals surface area contributed by atoms with E-state index < -0.39 is 17.6 Å². The van der Waals surface area contributed by atoms with E-state index in [1.54, 1.807) is 16.9 Å². The van der Waals surface area contributed by atoms with Gasteiger partial charge in [0.1, 0.15) is 23.7 Å². The summed E-state index contributed by atoms with van der Waals surface area (Å²) in [5.41, 5.74) is 3.88. The Labute approximate surface area is 313 Å². The lowest BCUT2D eigenvalue weighted by Gasteiger charge is -2.41. The van der Waals surface area contributed by atoms with Crippen molar-refractivity contribution in [2.24, 2.45) is 5.92 Å². The number of fused-ring (bicyclic) bond motifs is 1. The molecule has 11 heteroatoms. The maximum Gasteiger partial charge on any atom is 0.410 e. The molecule has 284 valence electrons. The highest BCUT2D eigenvalue weighted by Gasteiger charge is 2.44. The molecule has 2 heterocycles. The number of piperidine rings is 1. The average Bonchev–Trinajstić information content (AvgIpc) is 3.97. The molecule has 53 heavy (non-hydrogen) atoms. The van der Waals surface area contributed by atoms with Crippen LogP contribution in [0, 0.1) is 5.92 Å². The Kier molecular flexibility index (Phi) is 11.9. The van der Waals surface area contributed by atoms with E-state index in [4.69, 9.17) is 18.9 Å². The number of carbonyl (C=O) groups excluding carboxylic acids is 3. The van der Waals surface area contributed by atoms with Gasteiger partial charge in [-0.1, -0.05) is 36.4 Å². The van der Waals surface area contributed by atoms with Gasteiger partial charge in [-0.2, -0.15) is 0 Å². The van der Waals surface area contributed by atoms with Crippen LogP contribution in [0.25, 0.3) is 11.1 Å². The fourth-order valence-corrected chi connectivity index (χ4v) is 7.11. The Morgan fingerprint density at radius 2 is 1.72 bits per heavy atom. The lowest BCUT2D eigenvalue weighted by molar-refractivity contribution is -0.124. The highest BCUT2D eigenvalue weighted by molar-refractivity contribution is 6.01. The van der Waals surface area contributed by atoms with Crippen LogP contribution in [0.5, 0.6) is 11.5 Å². The second-order valence-corrected chi connectivity index (χ2v) is 15.5. The Morgan fingerprint density at radius 1 is 0.943 bits per heavy atom. The Balaban J connectivity index is 1.30. The van der Waals surface area contributed by atoms with Gasteiger partial charge in [-0.05, 0) is 113 Å². The van der Waals surface area contributed by atoms with Crippen molar-refractivity contribution >= 4 is 29.3 Å². The maximum atomic E-state index is 15.1. The van der Waals surface area contributed by atoms with Crippen LogP contribution >= 0.6 is 0 Å². The molecule has 0 spiro atoms. The van der Waals surface area contributed by atoms with Crippen LogP contribution in [0.2, 0.25) is 0 Å². The van der Waals surface area contributed by atoms with Crippen molar-refractivity contribution in [1.82, 2.24) is 9.80 Å². The van der Waals surface area contributed by atoms with E-state index in [1.165, 1.54) is 0 Å². The van der Waals surface area contributed by atoms with Crippen molar-refractivity contribution in [3.8, 4) is 22.6 Å². The summed E-state index contributed by atoms with van der Waals surface area (Å²) in [6.07, 6.45) is 2.64. The lowest BCUT2D eigenvalue weighted by atomic mass is 9.78. The van der Waals surface area contributed by atoms with Gasteiger partial charge in [-0.3, -0.25) is 9.59 Å². The zero-order valence-electron chi connectivity index (χ0n) is 32.0. The molecule has 1 saturated carbocycles. The van der Waals surface area contributed by atoms with E-state index in [0.717, 1.165) is 47.5 Å². The normalized spacial score (nSPS) is 18.7. The minimum Gasteiger partial charge on any atom is -0.492 e. The van der Waals surface area contributed by atoms with Crippen LogP contribution in [-0.2, 0) is 19.1 Å². The highest BCUT2D eigenvalue weighted by Crippen LogP contribution is 2.43. The maximum absolute atomic E-state index is 15.1. The van der Waals surface area contributed by atoms with Gasteiger partial charge in [0.25, 0.3) is 5.91 Å². The van der Waals surface area contributed by atoms with E-state index in [-0.39, 0.29) is 36.9 Å². The second kappa shape index (κ2) is 16.6. The highest BCUT2D eigenvalue weighted by atomic mass is 16.6. The molecule has 2 aliphatic heterocycles. The van der Waals surface area contributed by atoms with E-state index in [2.05, 4.69) is 35.2 Å². The molecule has 0 aromatic heterocycles. The molecule has 3 aliphatic rings. The largest absolute Gasteiger partial charge is 0.492 e. The monoisotopic (exact) mass is 726 g/mol. The molecule has 3 amide bonds. The lowest BCUT2D eigenvalue weighted by Crippen LogP contribution is -2.51. The molecule has 11 nitrogen and oxygen atoms in total. The number of likely N-dealkylation sites (tertiary alicyclic amines) is 1. The van der Waals surface area contributed by atoms with Crippen LogP contribution in [0.3, 0.4) is 0 Å². The molecule has 3 aromatic carbocycles. The zero-order valence-corrected chi connectivity index (χ0v) is 32.0.